The topological polar surface area (TPSA) is 94.7 Å². The van der Waals surface area contributed by atoms with Crippen molar-refractivity contribution in [3.8, 4) is 11.6 Å². The van der Waals surface area contributed by atoms with Gasteiger partial charge in [0.2, 0.25) is 5.88 Å². The first-order valence-corrected chi connectivity index (χ1v) is 3.89. The fraction of sp³-hybridized carbons (Fsp3) is 0.250. The Morgan fingerprint density at radius 2 is 2.43 bits per heavy atom. The van der Waals surface area contributed by atoms with Crippen LogP contribution in [0.5, 0.6) is 11.6 Å². The third kappa shape index (κ3) is 3.28. The second-order valence-corrected chi connectivity index (χ2v) is 2.32. The number of hydrogen-bond donors (Lipinski definition) is 2. The third-order valence-corrected chi connectivity index (χ3v) is 1.27. The minimum Gasteiger partial charge on any atom is -0.475 e. The highest BCUT2D eigenvalue weighted by Gasteiger charge is 2.01. The van der Waals surface area contributed by atoms with Gasteiger partial charge in [-0.3, -0.25) is 0 Å². The van der Waals surface area contributed by atoms with E-state index in [1.165, 1.54) is 18.3 Å². The average molecular weight is 198 g/mol. The van der Waals surface area contributed by atoms with Crippen LogP contribution in [0.3, 0.4) is 0 Å². The molecule has 0 aliphatic rings. The summed E-state index contributed by atoms with van der Waals surface area (Å²) in [7, 11) is 0. The molecule has 1 aromatic rings. The van der Waals surface area contributed by atoms with Crippen LogP contribution in [0.4, 0.5) is 4.79 Å². The minimum atomic E-state index is -0.899. The van der Waals surface area contributed by atoms with Gasteiger partial charge in [-0.2, -0.15) is 0 Å². The van der Waals surface area contributed by atoms with Gasteiger partial charge in [0.1, 0.15) is 12.4 Å². The van der Waals surface area contributed by atoms with E-state index in [-0.39, 0.29) is 24.8 Å². The summed E-state index contributed by atoms with van der Waals surface area (Å²) in [6, 6.07) is 2.87. The minimum absolute atomic E-state index is 0.109. The Morgan fingerprint density at radius 1 is 1.64 bits per heavy atom. The van der Waals surface area contributed by atoms with Crippen LogP contribution >= 0.6 is 0 Å². The lowest BCUT2D eigenvalue weighted by molar-refractivity contribution is 0.195. The summed E-state index contributed by atoms with van der Waals surface area (Å²) in [5, 5.41) is 8.48. The molecule has 6 nitrogen and oxygen atoms in total. The standard InChI is InChI=1S/C8H10N2O4/c9-8(12)14-6-1-2-10-7(5-6)13-4-3-11/h1-2,5,11H,3-4H2,(H2,9,12). The summed E-state index contributed by atoms with van der Waals surface area (Å²) in [5.74, 6) is 0.512. The number of amides is 1. The zero-order valence-corrected chi connectivity index (χ0v) is 7.34. The zero-order chi connectivity index (χ0) is 10.4. The van der Waals surface area contributed by atoms with Gasteiger partial charge in [0.15, 0.2) is 0 Å². The van der Waals surface area contributed by atoms with Gasteiger partial charge in [0, 0.05) is 12.3 Å². The number of hydrogen-bond acceptors (Lipinski definition) is 5. The normalized spacial score (nSPS) is 9.50. The van der Waals surface area contributed by atoms with Crippen LogP contribution in [0.2, 0.25) is 0 Å². The van der Waals surface area contributed by atoms with E-state index in [2.05, 4.69) is 9.72 Å². The lowest BCUT2D eigenvalue weighted by Crippen LogP contribution is -2.16. The Bertz CT molecular complexity index is 316. The van der Waals surface area contributed by atoms with Crippen molar-refractivity contribution >= 4 is 6.09 Å². The van der Waals surface area contributed by atoms with Crippen molar-refractivity contribution in [1.82, 2.24) is 4.98 Å². The van der Waals surface area contributed by atoms with Crippen molar-refractivity contribution in [2.45, 2.75) is 0 Å². The number of rotatable bonds is 4. The number of ether oxygens (including phenoxy) is 2. The molecule has 0 bridgehead atoms. The average Bonchev–Trinajstić information content (AvgIpc) is 2.14. The van der Waals surface area contributed by atoms with Gasteiger partial charge < -0.3 is 20.3 Å². The molecule has 0 aromatic carbocycles. The molecule has 0 radical (unpaired) electrons. The fourth-order valence-electron chi connectivity index (χ4n) is 0.800. The molecular formula is C8H10N2O4. The van der Waals surface area contributed by atoms with E-state index in [9.17, 15) is 4.79 Å². The van der Waals surface area contributed by atoms with Crippen LogP contribution in [-0.2, 0) is 0 Å². The number of pyridine rings is 1. The van der Waals surface area contributed by atoms with Crippen molar-refractivity contribution < 1.29 is 19.4 Å². The molecular weight excluding hydrogens is 188 g/mol. The molecule has 1 amide bonds. The second-order valence-electron chi connectivity index (χ2n) is 2.32. The molecule has 6 heteroatoms. The monoisotopic (exact) mass is 198 g/mol. The van der Waals surface area contributed by atoms with Crippen LogP contribution in [0.1, 0.15) is 0 Å². The van der Waals surface area contributed by atoms with E-state index < -0.39 is 6.09 Å². The summed E-state index contributed by atoms with van der Waals surface area (Å²) in [4.78, 5) is 14.2. The van der Waals surface area contributed by atoms with Crippen LogP contribution in [0.15, 0.2) is 18.3 Å². The lowest BCUT2D eigenvalue weighted by Gasteiger charge is -2.04. The number of carbonyl (C=O) groups excluding carboxylic acids is 1. The molecule has 0 aliphatic heterocycles. The molecule has 14 heavy (non-hydrogen) atoms. The molecule has 0 spiro atoms. The van der Waals surface area contributed by atoms with Gasteiger partial charge in [0.05, 0.1) is 6.61 Å². The molecule has 0 unspecified atom stereocenters. The predicted octanol–water partition coefficient (Wildman–Crippen LogP) is -0.0898. The van der Waals surface area contributed by atoms with Crippen LogP contribution in [0, 0.1) is 0 Å². The number of aliphatic hydroxyl groups is 1. The maximum atomic E-state index is 10.4. The van der Waals surface area contributed by atoms with Crippen molar-refractivity contribution in [2.75, 3.05) is 13.2 Å². The Morgan fingerprint density at radius 3 is 3.07 bits per heavy atom. The summed E-state index contributed by atoms with van der Waals surface area (Å²) >= 11 is 0. The molecule has 3 N–H and O–H groups in total. The van der Waals surface area contributed by atoms with E-state index in [1.807, 2.05) is 0 Å². The van der Waals surface area contributed by atoms with Crippen LogP contribution in [0.25, 0.3) is 0 Å². The summed E-state index contributed by atoms with van der Waals surface area (Å²) in [6.07, 6.45) is 0.509. The molecule has 0 atom stereocenters. The fourth-order valence-corrected chi connectivity index (χ4v) is 0.800. The zero-order valence-electron chi connectivity index (χ0n) is 7.34. The highest BCUT2D eigenvalue weighted by Crippen LogP contribution is 2.15. The predicted molar refractivity (Wildman–Crippen MR) is 47.0 cm³/mol. The lowest BCUT2D eigenvalue weighted by atomic mass is 10.4. The van der Waals surface area contributed by atoms with Gasteiger partial charge >= 0.3 is 6.09 Å². The van der Waals surface area contributed by atoms with Crippen LogP contribution in [-0.4, -0.2) is 29.4 Å². The SMILES string of the molecule is NC(=O)Oc1ccnc(OCCO)c1. The number of nitrogens with two attached hydrogens (primary N) is 1. The van der Waals surface area contributed by atoms with Crippen molar-refractivity contribution in [1.29, 1.82) is 0 Å². The number of carbonyl (C=O) groups is 1. The molecule has 0 saturated heterocycles. The van der Waals surface area contributed by atoms with Gasteiger partial charge in [-0.15, -0.1) is 0 Å². The van der Waals surface area contributed by atoms with E-state index >= 15 is 0 Å². The number of nitrogens with zero attached hydrogens (tertiary/aromatic N) is 1. The molecule has 0 aliphatic carbocycles. The molecule has 0 saturated carbocycles. The highest BCUT2D eigenvalue weighted by atomic mass is 16.5. The number of aromatic nitrogens is 1. The number of primary amides is 1. The Kier molecular flexibility index (Phi) is 3.69. The molecule has 1 aromatic heterocycles. The Balaban J connectivity index is 2.63. The summed E-state index contributed by atoms with van der Waals surface area (Å²) in [5.41, 5.74) is 4.81. The molecule has 76 valence electrons. The smallest absolute Gasteiger partial charge is 0.409 e. The Labute approximate surface area is 80.3 Å². The third-order valence-electron chi connectivity index (χ3n) is 1.27. The quantitative estimate of drug-likeness (QED) is 0.705. The molecule has 1 rings (SSSR count). The van der Waals surface area contributed by atoms with Gasteiger partial charge in [-0.05, 0) is 6.07 Å². The maximum absolute atomic E-state index is 10.4. The van der Waals surface area contributed by atoms with Crippen molar-refractivity contribution in [2.24, 2.45) is 5.73 Å². The highest BCUT2D eigenvalue weighted by molar-refractivity contribution is 5.68. The first-order chi connectivity index (χ1) is 6.72. The van der Waals surface area contributed by atoms with Crippen LogP contribution < -0.4 is 15.2 Å². The largest absolute Gasteiger partial charge is 0.475 e. The summed E-state index contributed by atoms with van der Waals surface area (Å²) in [6.45, 7) is 0.0234. The van der Waals surface area contributed by atoms with E-state index in [0.29, 0.717) is 0 Å². The first-order valence-electron chi connectivity index (χ1n) is 3.89. The number of aliphatic hydroxyl groups excluding tert-OH is 1. The van der Waals surface area contributed by atoms with E-state index in [0.717, 1.165) is 0 Å². The second kappa shape index (κ2) is 5.03. The van der Waals surface area contributed by atoms with Crippen molar-refractivity contribution in [3.05, 3.63) is 18.3 Å². The maximum Gasteiger partial charge on any atom is 0.409 e. The van der Waals surface area contributed by atoms with Gasteiger partial charge in [0.25, 0.3) is 0 Å². The summed E-state index contributed by atoms with van der Waals surface area (Å²) < 4.78 is 9.58. The first kappa shape index (κ1) is 10.3. The van der Waals surface area contributed by atoms with E-state index in [4.69, 9.17) is 15.6 Å². The molecule has 0 fully saturated rings. The Hall–Kier alpha value is -1.82. The van der Waals surface area contributed by atoms with Gasteiger partial charge in [-0.25, -0.2) is 9.78 Å². The molecule has 1 heterocycles. The van der Waals surface area contributed by atoms with Crippen molar-refractivity contribution in [3.63, 3.8) is 0 Å². The van der Waals surface area contributed by atoms with E-state index in [1.54, 1.807) is 0 Å². The van der Waals surface area contributed by atoms with Gasteiger partial charge in [-0.1, -0.05) is 0 Å².